The van der Waals surface area contributed by atoms with Gasteiger partial charge in [-0.1, -0.05) is 30.3 Å². The van der Waals surface area contributed by atoms with Crippen molar-refractivity contribution in [3.63, 3.8) is 0 Å². The number of benzene rings is 1. The quantitative estimate of drug-likeness (QED) is 0.797. The Kier molecular flexibility index (Phi) is 6.06. The van der Waals surface area contributed by atoms with Gasteiger partial charge in [-0.05, 0) is 30.9 Å². The monoisotopic (exact) mass is 337 g/mol. The zero-order chi connectivity index (χ0) is 16.7. The molecule has 1 N–H and O–H groups in total. The Balaban J connectivity index is 1.82. The van der Waals surface area contributed by atoms with E-state index in [1.807, 2.05) is 6.07 Å². The van der Waals surface area contributed by atoms with Crippen molar-refractivity contribution in [1.82, 2.24) is 4.72 Å². The van der Waals surface area contributed by atoms with Crippen LogP contribution in [0.2, 0.25) is 0 Å². The molecule has 0 amide bonds. The van der Waals surface area contributed by atoms with Crippen LogP contribution in [0.3, 0.4) is 0 Å². The van der Waals surface area contributed by atoms with Gasteiger partial charge in [0, 0.05) is 11.8 Å². The topological polar surface area (TPSA) is 89.5 Å². The van der Waals surface area contributed by atoms with Crippen LogP contribution in [0.15, 0.2) is 35.7 Å². The molecule has 124 valence electrons. The van der Waals surface area contributed by atoms with E-state index in [0.29, 0.717) is 12.8 Å². The van der Waals surface area contributed by atoms with Crippen molar-refractivity contribution < 1.29 is 22.7 Å². The predicted molar refractivity (Wildman–Crippen MR) is 85.8 cm³/mol. The highest BCUT2D eigenvalue weighted by Crippen LogP contribution is 2.17. The molecule has 0 bridgehead atoms. The number of ether oxygens (including phenoxy) is 1. The first-order chi connectivity index (χ1) is 11.0. The molecule has 0 radical (unpaired) electrons. The second-order valence-electron chi connectivity index (χ2n) is 5.27. The zero-order valence-corrected chi connectivity index (χ0v) is 13.4. The molecule has 1 atom stereocenters. The van der Waals surface area contributed by atoms with Crippen molar-refractivity contribution in [3.8, 4) is 0 Å². The number of hydrogen-bond donors (Lipinski definition) is 1. The minimum absolute atomic E-state index is 0.101. The Bertz CT molecular complexity index is 682. The van der Waals surface area contributed by atoms with Gasteiger partial charge in [0.25, 0.3) is 0 Å². The standard InChI is InChI=1S/C16H19NO5S/c18-14-8-4-5-9-15(14)22-16(19)12-17-23(20,21)11-10-13-6-2-1-3-7-13/h1-3,6-7,10-11,15,17H,4-5,8-9,12H2/b11-10+/t15-/m1/s1. The van der Waals surface area contributed by atoms with Crippen molar-refractivity contribution >= 4 is 27.9 Å². The van der Waals surface area contributed by atoms with E-state index in [2.05, 4.69) is 4.72 Å². The summed E-state index contributed by atoms with van der Waals surface area (Å²) in [5.41, 5.74) is 0.730. The van der Waals surface area contributed by atoms with Gasteiger partial charge in [0.2, 0.25) is 10.0 Å². The van der Waals surface area contributed by atoms with Gasteiger partial charge in [-0.15, -0.1) is 0 Å². The van der Waals surface area contributed by atoms with Crippen molar-refractivity contribution in [2.45, 2.75) is 31.8 Å². The lowest BCUT2D eigenvalue weighted by atomic mass is 9.96. The Hall–Kier alpha value is -1.99. The minimum atomic E-state index is -3.75. The Morgan fingerprint density at radius 3 is 2.70 bits per heavy atom. The van der Waals surface area contributed by atoms with Crippen LogP contribution < -0.4 is 4.72 Å². The number of nitrogens with one attached hydrogen (secondary N) is 1. The molecular weight excluding hydrogens is 318 g/mol. The summed E-state index contributed by atoms with van der Waals surface area (Å²) in [6.45, 7) is -0.495. The molecule has 0 saturated heterocycles. The smallest absolute Gasteiger partial charge is 0.321 e. The fraction of sp³-hybridized carbons (Fsp3) is 0.375. The third-order valence-corrected chi connectivity index (χ3v) is 4.47. The second kappa shape index (κ2) is 8.03. The number of hydrogen-bond acceptors (Lipinski definition) is 5. The molecule has 0 spiro atoms. The highest BCUT2D eigenvalue weighted by molar-refractivity contribution is 7.92. The average Bonchev–Trinajstić information content (AvgIpc) is 2.55. The zero-order valence-electron chi connectivity index (χ0n) is 12.6. The molecule has 0 aliphatic heterocycles. The number of sulfonamides is 1. The van der Waals surface area contributed by atoms with E-state index in [1.54, 1.807) is 24.3 Å². The van der Waals surface area contributed by atoms with Crippen molar-refractivity contribution in [2.75, 3.05) is 6.54 Å². The van der Waals surface area contributed by atoms with Crippen LogP contribution >= 0.6 is 0 Å². The summed E-state index contributed by atoms with van der Waals surface area (Å²) < 4.78 is 30.7. The number of ketones is 1. The summed E-state index contributed by atoms with van der Waals surface area (Å²) in [6.07, 6.45) is 3.24. The largest absolute Gasteiger partial charge is 0.453 e. The van der Waals surface area contributed by atoms with Crippen LogP contribution in [0.5, 0.6) is 0 Å². The molecule has 6 nitrogen and oxygen atoms in total. The summed E-state index contributed by atoms with van der Waals surface area (Å²) >= 11 is 0. The first-order valence-electron chi connectivity index (χ1n) is 7.41. The van der Waals surface area contributed by atoms with Gasteiger partial charge >= 0.3 is 5.97 Å². The maximum atomic E-state index is 11.8. The lowest BCUT2D eigenvalue weighted by molar-refractivity contribution is -0.155. The van der Waals surface area contributed by atoms with Gasteiger partial charge in [0.1, 0.15) is 6.54 Å². The molecule has 1 aromatic rings. The van der Waals surface area contributed by atoms with E-state index in [9.17, 15) is 18.0 Å². The SMILES string of the molecule is O=C(CNS(=O)(=O)/C=C/c1ccccc1)O[C@@H]1CCCCC1=O. The van der Waals surface area contributed by atoms with Gasteiger partial charge < -0.3 is 4.74 Å². The molecule has 1 aromatic carbocycles. The third-order valence-electron chi connectivity index (χ3n) is 3.43. The molecule has 7 heteroatoms. The van der Waals surface area contributed by atoms with E-state index in [1.165, 1.54) is 6.08 Å². The van der Waals surface area contributed by atoms with E-state index in [0.717, 1.165) is 23.8 Å². The number of Topliss-reactive ketones (excluding diaryl/α,β-unsaturated/α-hetero) is 1. The van der Waals surface area contributed by atoms with Crippen LogP contribution in [0.1, 0.15) is 31.2 Å². The van der Waals surface area contributed by atoms with E-state index >= 15 is 0 Å². The van der Waals surface area contributed by atoms with Gasteiger partial charge in [-0.2, -0.15) is 0 Å². The average molecular weight is 337 g/mol. The molecule has 0 heterocycles. The Labute approximate surface area is 135 Å². The third kappa shape index (κ3) is 5.96. The Morgan fingerprint density at radius 1 is 1.26 bits per heavy atom. The first kappa shape index (κ1) is 17.4. The fourth-order valence-electron chi connectivity index (χ4n) is 2.22. The van der Waals surface area contributed by atoms with Gasteiger partial charge in [0.15, 0.2) is 11.9 Å². The molecular formula is C16H19NO5S. The highest BCUT2D eigenvalue weighted by atomic mass is 32.2. The molecule has 2 rings (SSSR count). The molecule has 23 heavy (non-hydrogen) atoms. The second-order valence-corrected chi connectivity index (χ2v) is 6.92. The lowest BCUT2D eigenvalue weighted by Crippen LogP contribution is -2.35. The molecule has 1 fully saturated rings. The van der Waals surface area contributed by atoms with Crippen LogP contribution in [0.4, 0.5) is 0 Å². The molecule has 0 aromatic heterocycles. The van der Waals surface area contributed by atoms with Crippen LogP contribution in [-0.4, -0.2) is 32.8 Å². The van der Waals surface area contributed by atoms with Gasteiger partial charge in [-0.25, -0.2) is 13.1 Å². The van der Waals surface area contributed by atoms with Crippen molar-refractivity contribution in [1.29, 1.82) is 0 Å². The summed E-state index contributed by atoms with van der Waals surface area (Å²) in [4.78, 5) is 23.2. The number of rotatable bonds is 6. The summed E-state index contributed by atoms with van der Waals surface area (Å²) in [5, 5.41) is 0.987. The maximum absolute atomic E-state index is 11.8. The first-order valence-corrected chi connectivity index (χ1v) is 8.96. The van der Waals surface area contributed by atoms with Crippen LogP contribution in [0, 0.1) is 0 Å². The van der Waals surface area contributed by atoms with E-state index < -0.39 is 28.6 Å². The number of esters is 1. The lowest BCUT2D eigenvalue weighted by Gasteiger charge is -2.20. The minimum Gasteiger partial charge on any atom is -0.453 e. The van der Waals surface area contributed by atoms with Crippen molar-refractivity contribution in [2.24, 2.45) is 0 Å². The molecule has 1 aliphatic carbocycles. The fourth-order valence-corrected chi connectivity index (χ4v) is 2.97. The van der Waals surface area contributed by atoms with E-state index in [-0.39, 0.29) is 5.78 Å². The number of carbonyl (C=O) groups excluding carboxylic acids is 2. The van der Waals surface area contributed by atoms with Gasteiger partial charge in [0.05, 0.1) is 0 Å². The summed E-state index contributed by atoms with van der Waals surface area (Å²) in [5.74, 6) is -0.849. The van der Waals surface area contributed by atoms with Gasteiger partial charge in [-0.3, -0.25) is 9.59 Å². The predicted octanol–water partition coefficient (Wildman–Crippen LogP) is 1.63. The van der Waals surface area contributed by atoms with E-state index in [4.69, 9.17) is 4.74 Å². The maximum Gasteiger partial charge on any atom is 0.321 e. The number of carbonyl (C=O) groups is 2. The molecule has 1 saturated carbocycles. The Morgan fingerprint density at radius 2 is 2.00 bits per heavy atom. The van der Waals surface area contributed by atoms with Crippen LogP contribution in [0.25, 0.3) is 6.08 Å². The highest BCUT2D eigenvalue weighted by Gasteiger charge is 2.25. The molecule has 1 aliphatic rings. The summed E-state index contributed by atoms with van der Waals surface area (Å²) in [7, 11) is -3.75. The summed E-state index contributed by atoms with van der Waals surface area (Å²) in [6, 6.07) is 8.92. The molecule has 0 unspecified atom stereocenters. The van der Waals surface area contributed by atoms with Crippen LogP contribution in [-0.2, 0) is 24.3 Å². The normalized spacial score (nSPS) is 19.0. The van der Waals surface area contributed by atoms with Crippen molar-refractivity contribution in [3.05, 3.63) is 41.3 Å².